The van der Waals surface area contributed by atoms with Gasteiger partial charge in [-0.2, -0.15) is 0 Å². The largest absolute Gasteiger partial charge is 0.475 e. The van der Waals surface area contributed by atoms with Crippen LogP contribution in [0.25, 0.3) is 10.9 Å². The van der Waals surface area contributed by atoms with Gasteiger partial charge in [-0.1, -0.05) is 18.2 Å². The molecule has 4 rings (SSSR count). The van der Waals surface area contributed by atoms with Crippen LogP contribution in [0.5, 0.6) is 11.8 Å². The highest BCUT2D eigenvalue weighted by Gasteiger charge is 2.28. The average molecular weight is 377 g/mol. The maximum absolute atomic E-state index is 12.7. The summed E-state index contributed by atoms with van der Waals surface area (Å²) in [5, 5.41) is 1.08. The number of aromatic nitrogens is 2. The van der Waals surface area contributed by atoms with Crippen LogP contribution in [0.3, 0.4) is 0 Å². The summed E-state index contributed by atoms with van der Waals surface area (Å²) in [5.41, 5.74) is 1.46. The Kier molecular flexibility index (Phi) is 5.10. The highest BCUT2D eigenvalue weighted by molar-refractivity contribution is 5.94. The Morgan fingerprint density at radius 1 is 1.11 bits per heavy atom. The number of hydrogen-bond donors (Lipinski definition) is 0. The topological polar surface area (TPSA) is 64.5 Å². The van der Waals surface area contributed by atoms with E-state index in [9.17, 15) is 4.79 Å². The van der Waals surface area contributed by atoms with Gasteiger partial charge in [0.1, 0.15) is 6.10 Å². The Morgan fingerprint density at radius 3 is 2.71 bits per heavy atom. The number of fused-ring (bicyclic) bond motifs is 1. The van der Waals surface area contributed by atoms with Crippen molar-refractivity contribution in [3.8, 4) is 11.8 Å². The van der Waals surface area contributed by atoms with E-state index in [1.54, 1.807) is 23.2 Å². The van der Waals surface area contributed by atoms with E-state index in [4.69, 9.17) is 9.47 Å². The number of amides is 1. The van der Waals surface area contributed by atoms with Crippen LogP contribution < -0.4 is 9.47 Å². The molecule has 1 fully saturated rings. The lowest BCUT2D eigenvalue weighted by molar-refractivity contribution is 0.0770. The molecule has 0 bridgehead atoms. The van der Waals surface area contributed by atoms with Gasteiger partial charge in [0.15, 0.2) is 0 Å². The van der Waals surface area contributed by atoms with Crippen molar-refractivity contribution < 1.29 is 14.3 Å². The lowest BCUT2D eigenvalue weighted by Gasteiger charge is -2.17. The number of likely N-dealkylation sites (tertiary alicyclic amines) is 1. The molecule has 0 radical (unpaired) electrons. The highest BCUT2D eigenvalue weighted by atomic mass is 16.5. The third-order valence-electron chi connectivity index (χ3n) is 4.63. The van der Waals surface area contributed by atoms with Gasteiger partial charge in [-0.3, -0.25) is 4.79 Å². The fourth-order valence-corrected chi connectivity index (χ4v) is 3.29. The molecule has 3 heterocycles. The monoisotopic (exact) mass is 377 g/mol. The van der Waals surface area contributed by atoms with Crippen molar-refractivity contribution in [2.24, 2.45) is 0 Å². The molecule has 2 aromatic heterocycles. The molecule has 144 valence electrons. The smallest absolute Gasteiger partial charge is 0.255 e. The van der Waals surface area contributed by atoms with E-state index in [-0.39, 0.29) is 18.1 Å². The maximum atomic E-state index is 12.7. The first kappa shape index (κ1) is 18.2. The molecule has 28 heavy (non-hydrogen) atoms. The van der Waals surface area contributed by atoms with Gasteiger partial charge in [-0.05, 0) is 32.0 Å². The van der Waals surface area contributed by atoms with Crippen LogP contribution in [0.15, 0.2) is 54.7 Å². The van der Waals surface area contributed by atoms with Gasteiger partial charge < -0.3 is 14.4 Å². The summed E-state index contributed by atoms with van der Waals surface area (Å²) in [6.45, 7) is 5.07. The van der Waals surface area contributed by atoms with Crippen LogP contribution >= 0.6 is 0 Å². The molecular formula is C22H23N3O3. The predicted molar refractivity (Wildman–Crippen MR) is 107 cm³/mol. The number of para-hydroxylation sites is 1. The summed E-state index contributed by atoms with van der Waals surface area (Å²) in [7, 11) is 0. The quantitative estimate of drug-likeness (QED) is 0.678. The van der Waals surface area contributed by atoms with Crippen molar-refractivity contribution >= 4 is 16.8 Å². The van der Waals surface area contributed by atoms with E-state index in [1.165, 1.54) is 0 Å². The van der Waals surface area contributed by atoms with Gasteiger partial charge in [0.05, 0.1) is 23.7 Å². The molecule has 0 N–H and O–H groups in total. The van der Waals surface area contributed by atoms with Gasteiger partial charge in [0, 0.05) is 36.7 Å². The Hall–Kier alpha value is -3.15. The van der Waals surface area contributed by atoms with E-state index in [2.05, 4.69) is 9.97 Å². The maximum Gasteiger partial charge on any atom is 0.255 e. The van der Waals surface area contributed by atoms with Crippen LogP contribution in [0.4, 0.5) is 0 Å². The number of rotatable bonds is 5. The van der Waals surface area contributed by atoms with Crippen LogP contribution in [-0.2, 0) is 0 Å². The fraction of sp³-hybridized carbons (Fsp3) is 0.318. The fourth-order valence-electron chi connectivity index (χ4n) is 3.29. The second-order valence-electron chi connectivity index (χ2n) is 7.17. The molecule has 6 nitrogen and oxygen atoms in total. The Bertz CT molecular complexity index is 972. The van der Waals surface area contributed by atoms with Crippen LogP contribution in [0, 0.1) is 0 Å². The molecule has 0 aliphatic carbocycles. The lowest BCUT2D eigenvalue weighted by Crippen LogP contribution is -2.31. The number of pyridine rings is 2. The van der Waals surface area contributed by atoms with Crippen molar-refractivity contribution in [2.45, 2.75) is 32.5 Å². The summed E-state index contributed by atoms with van der Waals surface area (Å²) in [4.78, 5) is 23.3. The zero-order valence-corrected chi connectivity index (χ0v) is 16.0. The Labute approximate surface area is 164 Å². The third kappa shape index (κ3) is 4.06. The zero-order chi connectivity index (χ0) is 19.5. The predicted octanol–water partition coefficient (Wildman–Crippen LogP) is 3.71. The third-order valence-corrected chi connectivity index (χ3v) is 4.63. The van der Waals surface area contributed by atoms with Gasteiger partial charge in [-0.25, -0.2) is 9.97 Å². The minimum Gasteiger partial charge on any atom is -0.475 e. The van der Waals surface area contributed by atoms with Crippen molar-refractivity contribution in [2.75, 3.05) is 13.1 Å². The van der Waals surface area contributed by atoms with Crippen molar-refractivity contribution in [1.82, 2.24) is 14.9 Å². The number of hydrogen-bond acceptors (Lipinski definition) is 5. The normalized spacial score (nSPS) is 16.5. The van der Waals surface area contributed by atoms with E-state index in [1.807, 2.05) is 50.2 Å². The summed E-state index contributed by atoms with van der Waals surface area (Å²) in [5.74, 6) is 1.08. The Morgan fingerprint density at radius 2 is 1.93 bits per heavy atom. The zero-order valence-electron chi connectivity index (χ0n) is 16.0. The average Bonchev–Trinajstić information content (AvgIpc) is 3.16. The lowest BCUT2D eigenvalue weighted by atomic mass is 10.2. The number of carbonyl (C=O) groups excluding carboxylic acids is 1. The second kappa shape index (κ2) is 7.84. The molecular weight excluding hydrogens is 354 g/mol. The number of ether oxygens (including phenoxy) is 2. The molecule has 0 spiro atoms. The standard InChI is InChI=1S/C22H23N3O3/c1-15(2)27-20-9-8-17(13-23-20)22(26)25-12-11-18(14-25)28-21-10-7-16-5-3-4-6-19(16)24-21/h3-10,13,15,18H,11-12,14H2,1-2H3. The number of carbonyl (C=O) groups is 1. The van der Waals surface area contributed by atoms with Crippen LogP contribution in [0.2, 0.25) is 0 Å². The second-order valence-corrected chi connectivity index (χ2v) is 7.17. The van der Waals surface area contributed by atoms with Gasteiger partial charge >= 0.3 is 0 Å². The van der Waals surface area contributed by atoms with Crippen molar-refractivity contribution in [1.29, 1.82) is 0 Å². The minimum atomic E-state index is -0.0610. The number of nitrogens with zero attached hydrogens (tertiary/aromatic N) is 3. The van der Waals surface area contributed by atoms with E-state index >= 15 is 0 Å². The molecule has 1 amide bonds. The first-order valence-corrected chi connectivity index (χ1v) is 9.53. The molecule has 3 aromatic rings. The molecule has 1 aromatic carbocycles. The SMILES string of the molecule is CC(C)Oc1ccc(C(=O)N2CCC(Oc3ccc4ccccc4n3)C2)cn1. The molecule has 6 heteroatoms. The molecule has 1 saturated heterocycles. The molecule has 0 saturated carbocycles. The number of benzene rings is 1. The van der Waals surface area contributed by atoms with Crippen LogP contribution in [-0.4, -0.2) is 46.1 Å². The first-order valence-electron chi connectivity index (χ1n) is 9.53. The van der Waals surface area contributed by atoms with E-state index < -0.39 is 0 Å². The Balaban J connectivity index is 1.38. The van der Waals surface area contributed by atoms with Crippen molar-refractivity contribution in [3.63, 3.8) is 0 Å². The summed E-state index contributed by atoms with van der Waals surface area (Å²) >= 11 is 0. The van der Waals surface area contributed by atoms with Gasteiger partial charge in [-0.15, -0.1) is 0 Å². The first-order chi connectivity index (χ1) is 13.6. The highest BCUT2D eigenvalue weighted by Crippen LogP contribution is 2.21. The summed E-state index contributed by atoms with van der Waals surface area (Å²) in [6.07, 6.45) is 2.34. The van der Waals surface area contributed by atoms with E-state index in [0.717, 1.165) is 17.3 Å². The molecule has 1 aliphatic rings. The van der Waals surface area contributed by atoms with Crippen molar-refractivity contribution in [3.05, 3.63) is 60.3 Å². The summed E-state index contributed by atoms with van der Waals surface area (Å²) < 4.78 is 11.5. The summed E-state index contributed by atoms with van der Waals surface area (Å²) in [6, 6.07) is 15.3. The van der Waals surface area contributed by atoms with Gasteiger partial charge in [0.25, 0.3) is 5.91 Å². The molecule has 1 unspecified atom stereocenters. The van der Waals surface area contributed by atoms with E-state index in [0.29, 0.717) is 30.4 Å². The molecule has 1 atom stereocenters. The van der Waals surface area contributed by atoms with Gasteiger partial charge in [0.2, 0.25) is 11.8 Å². The van der Waals surface area contributed by atoms with Crippen LogP contribution in [0.1, 0.15) is 30.6 Å². The molecule has 1 aliphatic heterocycles. The minimum absolute atomic E-state index is 0.0406.